The summed E-state index contributed by atoms with van der Waals surface area (Å²) in [6.45, 7) is 0. The lowest BCUT2D eigenvalue weighted by atomic mass is 10.3. The molecule has 0 bridgehead atoms. The van der Waals surface area contributed by atoms with Crippen LogP contribution in [0.25, 0.3) is 16.3 Å². The van der Waals surface area contributed by atoms with Crippen molar-refractivity contribution in [2.24, 2.45) is 0 Å². The second-order valence-corrected chi connectivity index (χ2v) is 5.26. The third kappa shape index (κ3) is 2.53. The standard InChI is InChI=1S/C15H12N2O3S/c1-20-11-5-2-4-10(8-11)17-13(15(18)19)9-12(16-17)14-6-3-7-21-14/h2-9H,1H3,(H,18,19). The van der Waals surface area contributed by atoms with Crippen molar-refractivity contribution in [2.75, 3.05) is 7.11 Å². The molecule has 0 aliphatic carbocycles. The monoisotopic (exact) mass is 300 g/mol. The molecule has 0 amide bonds. The summed E-state index contributed by atoms with van der Waals surface area (Å²) in [5.41, 5.74) is 1.41. The SMILES string of the molecule is COc1cccc(-n2nc(-c3cccs3)cc2C(=O)O)c1. The summed E-state index contributed by atoms with van der Waals surface area (Å²) < 4.78 is 6.59. The van der Waals surface area contributed by atoms with Crippen LogP contribution in [-0.2, 0) is 0 Å². The molecule has 0 radical (unpaired) electrons. The topological polar surface area (TPSA) is 64.4 Å². The summed E-state index contributed by atoms with van der Waals surface area (Å²) in [4.78, 5) is 12.4. The van der Waals surface area contributed by atoms with Crippen molar-refractivity contribution in [1.29, 1.82) is 0 Å². The Hall–Kier alpha value is -2.60. The molecule has 0 spiro atoms. The van der Waals surface area contributed by atoms with Gasteiger partial charge in [0.15, 0.2) is 5.69 Å². The third-order valence-corrected chi connectivity index (χ3v) is 3.89. The van der Waals surface area contributed by atoms with E-state index in [0.29, 0.717) is 17.1 Å². The predicted molar refractivity (Wildman–Crippen MR) is 80.4 cm³/mol. The van der Waals surface area contributed by atoms with Gasteiger partial charge in [-0.15, -0.1) is 11.3 Å². The maximum Gasteiger partial charge on any atom is 0.354 e. The summed E-state index contributed by atoms with van der Waals surface area (Å²) in [6, 6.07) is 12.5. The van der Waals surface area contributed by atoms with Crippen molar-refractivity contribution in [3.05, 3.63) is 53.5 Å². The van der Waals surface area contributed by atoms with Gasteiger partial charge in [-0.05, 0) is 23.6 Å². The average molecular weight is 300 g/mol. The fourth-order valence-electron chi connectivity index (χ4n) is 2.02. The maximum absolute atomic E-state index is 11.4. The van der Waals surface area contributed by atoms with Crippen LogP contribution in [0, 0.1) is 0 Å². The van der Waals surface area contributed by atoms with Crippen molar-refractivity contribution in [3.63, 3.8) is 0 Å². The van der Waals surface area contributed by atoms with Crippen molar-refractivity contribution >= 4 is 17.3 Å². The fraction of sp³-hybridized carbons (Fsp3) is 0.0667. The van der Waals surface area contributed by atoms with E-state index < -0.39 is 5.97 Å². The number of hydrogen-bond donors (Lipinski definition) is 1. The number of benzene rings is 1. The van der Waals surface area contributed by atoms with Crippen LogP contribution in [0.2, 0.25) is 0 Å². The van der Waals surface area contributed by atoms with Gasteiger partial charge in [-0.3, -0.25) is 0 Å². The van der Waals surface area contributed by atoms with Gasteiger partial charge >= 0.3 is 5.97 Å². The molecular formula is C15H12N2O3S. The van der Waals surface area contributed by atoms with E-state index in [-0.39, 0.29) is 5.69 Å². The normalized spacial score (nSPS) is 10.5. The highest BCUT2D eigenvalue weighted by molar-refractivity contribution is 7.13. The lowest BCUT2D eigenvalue weighted by Gasteiger charge is -2.06. The van der Waals surface area contributed by atoms with E-state index >= 15 is 0 Å². The lowest BCUT2D eigenvalue weighted by Crippen LogP contribution is -2.07. The molecule has 5 nitrogen and oxygen atoms in total. The first-order valence-corrected chi connectivity index (χ1v) is 7.08. The zero-order valence-electron chi connectivity index (χ0n) is 11.2. The minimum Gasteiger partial charge on any atom is -0.497 e. The Balaban J connectivity index is 2.14. The van der Waals surface area contributed by atoms with Gasteiger partial charge in [-0.25, -0.2) is 9.48 Å². The van der Waals surface area contributed by atoms with Gasteiger partial charge in [0.1, 0.15) is 11.4 Å². The molecule has 3 aromatic rings. The molecule has 0 fully saturated rings. The number of ether oxygens (including phenoxy) is 1. The molecule has 2 aromatic heterocycles. The Labute approximate surface area is 125 Å². The molecule has 2 heterocycles. The number of carboxylic acid groups (broad SMARTS) is 1. The van der Waals surface area contributed by atoms with Crippen LogP contribution in [0.4, 0.5) is 0 Å². The minimum absolute atomic E-state index is 0.117. The summed E-state index contributed by atoms with van der Waals surface area (Å²) in [7, 11) is 1.57. The third-order valence-electron chi connectivity index (χ3n) is 3.00. The Morgan fingerprint density at radius 2 is 2.14 bits per heavy atom. The van der Waals surface area contributed by atoms with Gasteiger partial charge in [0.25, 0.3) is 0 Å². The number of hydrogen-bond acceptors (Lipinski definition) is 4. The van der Waals surface area contributed by atoms with E-state index in [1.54, 1.807) is 37.4 Å². The molecule has 21 heavy (non-hydrogen) atoms. The maximum atomic E-state index is 11.4. The summed E-state index contributed by atoms with van der Waals surface area (Å²) in [5.74, 6) is -0.370. The van der Waals surface area contributed by atoms with E-state index in [1.165, 1.54) is 16.0 Å². The number of aromatic carboxylic acids is 1. The smallest absolute Gasteiger partial charge is 0.354 e. The number of carbonyl (C=O) groups is 1. The van der Waals surface area contributed by atoms with Crippen molar-refractivity contribution in [2.45, 2.75) is 0 Å². The Morgan fingerprint density at radius 1 is 1.29 bits per heavy atom. The van der Waals surface area contributed by atoms with Crippen LogP contribution < -0.4 is 4.74 Å². The predicted octanol–water partition coefficient (Wildman–Crippen LogP) is 3.31. The van der Waals surface area contributed by atoms with Crippen LogP contribution in [0.5, 0.6) is 5.75 Å². The van der Waals surface area contributed by atoms with E-state index in [9.17, 15) is 9.90 Å². The number of aromatic nitrogens is 2. The lowest BCUT2D eigenvalue weighted by molar-refractivity contribution is 0.0687. The molecule has 0 saturated carbocycles. The minimum atomic E-state index is -1.02. The van der Waals surface area contributed by atoms with Gasteiger partial charge in [0.05, 0.1) is 17.7 Å². The Kier molecular flexibility index (Phi) is 3.45. The number of methoxy groups -OCH3 is 1. The van der Waals surface area contributed by atoms with Gasteiger partial charge in [0, 0.05) is 12.1 Å². The quantitative estimate of drug-likeness (QED) is 0.803. The van der Waals surface area contributed by atoms with Crippen molar-refractivity contribution in [3.8, 4) is 22.0 Å². The zero-order valence-corrected chi connectivity index (χ0v) is 12.0. The molecule has 3 rings (SSSR count). The van der Waals surface area contributed by atoms with E-state index in [0.717, 1.165) is 4.88 Å². The van der Waals surface area contributed by atoms with Crippen molar-refractivity contribution in [1.82, 2.24) is 9.78 Å². The first-order valence-electron chi connectivity index (χ1n) is 6.20. The zero-order chi connectivity index (χ0) is 14.8. The largest absolute Gasteiger partial charge is 0.497 e. The van der Waals surface area contributed by atoms with Crippen LogP contribution in [0.15, 0.2) is 47.8 Å². The Bertz CT molecular complexity index is 778. The summed E-state index contributed by atoms with van der Waals surface area (Å²) in [6.07, 6.45) is 0. The molecule has 0 unspecified atom stereocenters. The summed E-state index contributed by atoms with van der Waals surface area (Å²) >= 11 is 1.52. The fourth-order valence-corrected chi connectivity index (χ4v) is 2.70. The molecule has 106 valence electrons. The van der Waals surface area contributed by atoms with Crippen LogP contribution in [0.1, 0.15) is 10.5 Å². The Morgan fingerprint density at radius 3 is 2.81 bits per heavy atom. The van der Waals surface area contributed by atoms with Crippen LogP contribution in [-0.4, -0.2) is 28.0 Å². The molecule has 6 heteroatoms. The second-order valence-electron chi connectivity index (χ2n) is 4.31. The van der Waals surface area contributed by atoms with Gasteiger partial charge in [-0.2, -0.15) is 5.10 Å². The van der Waals surface area contributed by atoms with Gasteiger partial charge in [-0.1, -0.05) is 12.1 Å². The van der Waals surface area contributed by atoms with Crippen LogP contribution >= 0.6 is 11.3 Å². The molecule has 1 N–H and O–H groups in total. The second kappa shape index (κ2) is 5.41. The number of thiophene rings is 1. The van der Waals surface area contributed by atoms with E-state index in [4.69, 9.17) is 4.74 Å². The first kappa shape index (κ1) is 13.4. The van der Waals surface area contributed by atoms with E-state index in [1.807, 2.05) is 17.5 Å². The molecule has 0 aliphatic rings. The van der Waals surface area contributed by atoms with Crippen molar-refractivity contribution < 1.29 is 14.6 Å². The first-order chi connectivity index (χ1) is 10.2. The van der Waals surface area contributed by atoms with Gasteiger partial charge in [0.2, 0.25) is 0 Å². The van der Waals surface area contributed by atoms with Gasteiger partial charge < -0.3 is 9.84 Å². The molecule has 0 atom stereocenters. The average Bonchev–Trinajstić information content (AvgIpc) is 3.16. The van der Waals surface area contributed by atoms with E-state index in [2.05, 4.69) is 5.10 Å². The molecular weight excluding hydrogens is 288 g/mol. The number of carboxylic acids is 1. The molecule has 0 aliphatic heterocycles. The highest BCUT2D eigenvalue weighted by atomic mass is 32.1. The summed E-state index contributed by atoms with van der Waals surface area (Å²) in [5, 5.41) is 15.7. The molecule has 0 saturated heterocycles. The highest BCUT2D eigenvalue weighted by Crippen LogP contribution is 2.26. The highest BCUT2D eigenvalue weighted by Gasteiger charge is 2.17. The number of nitrogens with zero attached hydrogens (tertiary/aromatic N) is 2. The molecule has 1 aromatic carbocycles. The number of rotatable bonds is 4. The van der Waals surface area contributed by atoms with Crippen LogP contribution in [0.3, 0.4) is 0 Å².